The predicted octanol–water partition coefficient (Wildman–Crippen LogP) is 6.40. The molecule has 3 aromatic carbocycles. The molecule has 0 aliphatic rings. The largest absolute Gasteiger partial charge is 0.490 e. The van der Waals surface area contributed by atoms with Crippen molar-refractivity contribution < 1.29 is 65.5 Å². The highest BCUT2D eigenvalue weighted by Gasteiger charge is 2.39. The summed E-state index contributed by atoms with van der Waals surface area (Å²) in [5, 5.41) is 32.0. The molecule has 0 saturated carbocycles. The van der Waals surface area contributed by atoms with Gasteiger partial charge in [0.15, 0.2) is 11.5 Å². The number of nitrogens with two attached hydrogens (primary N) is 1. The maximum absolute atomic E-state index is 12.5. The van der Waals surface area contributed by atoms with Crippen LogP contribution in [0.5, 0.6) is 11.5 Å². The van der Waals surface area contributed by atoms with E-state index in [1.54, 1.807) is 0 Å². The third-order valence-electron chi connectivity index (χ3n) is 7.30. The second-order valence-corrected chi connectivity index (χ2v) is 11.1. The fraction of sp³-hybridized carbons (Fsp3) is 0.333. The van der Waals surface area contributed by atoms with E-state index < -0.39 is 30.2 Å². The molecule has 294 valence electrons. The van der Waals surface area contributed by atoms with Crippen molar-refractivity contribution in [3.63, 3.8) is 0 Å². The number of carboxylic acids is 2. The second kappa shape index (κ2) is 20.6. The minimum Gasteiger partial charge on any atom is -0.490 e. The van der Waals surface area contributed by atoms with Gasteiger partial charge in [0.2, 0.25) is 0 Å². The number of aliphatic carboxylic acids is 2. The molecular formula is C36H40F6N4O8. The molecule has 1 amide bonds. The molecule has 4 aromatic rings. The molecule has 54 heavy (non-hydrogen) atoms. The zero-order valence-corrected chi connectivity index (χ0v) is 29.3. The van der Waals surface area contributed by atoms with Crippen LogP contribution in [0.15, 0.2) is 66.9 Å². The number of benzene rings is 3. The average molecular weight is 771 g/mol. The lowest BCUT2D eigenvalue weighted by Gasteiger charge is -2.21. The number of alkyl halides is 6. The van der Waals surface area contributed by atoms with Gasteiger partial charge in [-0.3, -0.25) is 9.78 Å². The molecule has 0 aliphatic carbocycles. The van der Waals surface area contributed by atoms with Crippen LogP contribution in [0.3, 0.4) is 0 Å². The zero-order valence-electron chi connectivity index (χ0n) is 29.3. The third kappa shape index (κ3) is 13.4. The van der Waals surface area contributed by atoms with Gasteiger partial charge >= 0.3 is 24.3 Å². The molecular weight excluding hydrogens is 730 g/mol. The number of carbonyl (C=O) groups excluding carboxylic acids is 1. The number of carbonyl (C=O) groups is 3. The van der Waals surface area contributed by atoms with E-state index in [1.807, 2.05) is 56.3 Å². The van der Waals surface area contributed by atoms with E-state index in [1.165, 1.54) is 11.8 Å². The van der Waals surface area contributed by atoms with Gasteiger partial charge < -0.3 is 41.2 Å². The Morgan fingerprint density at radius 1 is 0.852 bits per heavy atom. The van der Waals surface area contributed by atoms with Gasteiger partial charge in [-0.2, -0.15) is 26.3 Å². The Balaban J connectivity index is 0.000000610. The molecule has 0 aliphatic heterocycles. The number of aliphatic hydroxyl groups excluding tert-OH is 1. The van der Waals surface area contributed by atoms with Crippen LogP contribution in [-0.2, 0) is 29.0 Å². The second-order valence-electron chi connectivity index (χ2n) is 11.1. The molecule has 18 heteroatoms. The molecule has 4 rings (SSSR count). The van der Waals surface area contributed by atoms with Gasteiger partial charge in [0.1, 0.15) is 0 Å². The standard InChI is InChI=1S/C32H38N4O4.2C2HF3O2/c1-4-24-22(18-34-23(20-37)15-21-11-8-7-9-12-21)13-10-14-27(24)36-31-25-16-29(39-5-2)30(40-6-3)17-28(25)35-19-26(31)32(33)38;2*3-2(4,5)1(6)7/h7-14,16-17,19,23,34,37H,4-6,15,18,20H2,1-3H3,(H2,33,38)(H,35,36);2*(H,6,7)/t23-;;/m0../s1. The number of hydrogen-bond donors (Lipinski definition) is 6. The number of anilines is 2. The molecule has 0 fully saturated rings. The summed E-state index contributed by atoms with van der Waals surface area (Å²) < 4.78 is 75.1. The van der Waals surface area contributed by atoms with Crippen molar-refractivity contribution >= 4 is 40.1 Å². The number of amides is 1. The minimum atomic E-state index is -5.08. The summed E-state index contributed by atoms with van der Waals surface area (Å²) in [6.07, 6.45) is -7.18. The van der Waals surface area contributed by atoms with Gasteiger partial charge in [-0.05, 0) is 55.5 Å². The quantitative estimate of drug-likeness (QED) is 0.0778. The molecule has 7 N–H and O–H groups in total. The Bertz CT molecular complexity index is 1830. The number of pyridine rings is 1. The maximum atomic E-state index is 12.5. The summed E-state index contributed by atoms with van der Waals surface area (Å²) in [5.74, 6) is -4.92. The number of fused-ring (bicyclic) bond motifs is 1. The number of aromatic nitrogens is 1. The molecule has 1 atom stereocenters. The lowest BCUT2D eigenvalue weighted by atomic mass is 10.0. The molecule has 12 nitrogen and oxygen atoms in total. The highest BCUT2D eigenvalue weighted by Crippen LogP contribution is 2.38. The summed E-state index contributed by atoms with van der Waals surface area (Å²) in [6, 6.07) is 19.8. The number of nitrogens with one attached hydrogen (secondary N) is 2. The smallest absolute Gasteiger partial charge is 0.490 e. The molecule has 0 bridgehead atoms. The van der Waals surface area contributed by atoms with Gasteiger partial charge in [0.25, 0.3) is 5.91 Å². The lowest BCUT2D eigenvalue weighted by Crippen LogP contribution is -2.34. The number of hydrogen-bond acceptors (Lipinski definition) is 9. The van der Waals surface area contributed by atoms with Crippen molar-refractivity contribution in [3.05, 3.63) is 89.1 Å². The SMILES string of the molecule is CCOc1cc2ncc(C(N)=O)c(Nc3cccc(CN[C@H](CO)Cc4ccccc4)c3CC)c2cc1OCC.O=C(O)C(F)(F)F.O=C(O)C(F)(F)F. The first-order valence-electron chi connectivity index (χ1n) is 16.3. The fourth-order valence-electron chi connectivity index (χ4n) is 4.88. The summed E-state index contributed by atoms with van der Waals surface area (Å²) in [5.41, 5.74) is 11.5. The number of aliphatic hydroxyl groups is 1. The zero-order chi connectivity index (χ0) is 40.6. The van der Waals surface area contributed by atoms with Crippen LogP contribution in [0.1, 0.15) is 47.8 Å². The number of rotatable bonds is 14. The van der Waals surface area contributed by atoms with Crippen molar-refractivity contribution in [2.75, 3.05) is 25.1 Å². The van der Waals surface area contributed by atoms with Crippen LogP contribution >= 0.6 is 0 Å². The topological polar surface area (TPSA) is 193 Å². The van der Waals surface area contributed by atoms with E-state index in [0.717, 1.165) is 29.7 Å². The third-order valence-corrected chi connectivity index (χ3v) is 7.30. The van der Waals surface area contributed by atoms with Crippen LogP contribution in [0, 0.1) is 0 Å². The molecule has 0 saturated heterocycles. The van der Waals surface area contributed by atoms with Crippen molar-refractivity contribution in [1.29, 1.82) is 0 Å². The van der Waals surface area contributed by atoms with Crippen molar-refractivity contribution in [2.45, 2.75) is 58.6 Å². The first kappa shape index (κ1) is 44.5. The maximum Gasteiger partial charge on any atom is 0.490 e. The minimum absolute atomic E-state index is 0.0329. The van der Waals surface area contributed by atoms with E-state index in [0.29, 0.717) is 47.8 Å². The van der Waals surface area contributed by atoms with Crippen molar-refractivity contribution in [2.24, 2.45) is 5.73 Å². The van der Waals surface area contributed by atoms with E-state index in [9.17, 15) is 36.2 Å². The normalized spacial score (nSPS) is 11.7. The van der Waals surface area contributed by atoms with E-state index in [-0.39, 0.29) is 18.2 Å². The van der Waals surface area contributed by atoms with Crippen LogP contribution in [0.25, 0.3) is 10.9 Å². The van der Waals surface area contributed by atoms with E-state index in [4.69, 9.17) is 35.0 Å². The van der Waals surface area contributed by atoms with E-state index >= 15 is 0 Å². The molecule has 0 radical (unpaired) electrons. The van der Waals surface area contributed by atoms with Gasteiger partial charge in [-0.15, -0.1) is 0 Å². The van der Waals surface area contributed by atoms with Crippen molar-refractivity contribution in [1.82, 2.24) is 10.3 Å². The number of carboxylic acid groups (broad SMARTS) is 2. The van der Waals surface area contributed by atoms with Gasteiger partial charge in [-0.1, -0.05) is 49.4 Å². The first-order valence-corrected chi connectivity index (χ1v) is 16.3. The first-order chi connectivity index (χ1) is 25.4. The van der Waals surface area contributed by atoms with Crippen LogP contribution in [0.2, 0.25) is 0 Å². The van der Waals surface area contributed by atoms with Crippen LogP contribution < -0.4 is 25.8 Å². The average Bonchev–Trinajstić information content (AvgIpc) is 3.10. The highest BCUT2D eigenvalue weighted by atomic mass is 19.4. The van der Waals surface area contributed by atoms with Gasteiger partial charge in [0.05, 0.1) is 36.6 Å². The summed E-state index contributed by atoms with van der Waals surface area (Å²) in [7, 11) is 0. The Morgan fingerprint density at radius 3 is 1.89 bits per heavy atom. The summed E-state index contributed by atoms with van der Waals surface area (Å²) in [4.78, 5) is 34.8. The molecule has 0 spiro atoms. The predicted molar refractivity (Wildman–Crippen MR) is 187 cm³/mol. The van der Waals surface area contributed by atoms with Crippen LogP contribution in [-0.4, -0.2) is 76.4 Å². The highest BCUT2D eigenvalue weighted by molar-refractivity contribution is 6.08. The van der Waals surface area contributed by atoms with Crippen LogP contribution in [0.4, 0.5) is 37.7 Å². The fourth-order valence-corrected chi connectivity index (χ4v) is 4.88. The number of halogens is 6. The summed E-state index contributed by atoms with van der Waals surface area (Å²) >= 11 is 0. The number of primary amides is 1. The number of nitrogens with zero attached hydrogens (tertiary/aromatic N) is 1. The Labute approximate surface area is 305 Å². The van der Waals surface area contributed by atoms with Gasteiger partial charge in [-0.25, -0.2) is 9.59 Å². The molecule has 0 unspecified atom stereocenters. The number of ether oxygens (including phenoxy) is 2. The summed E-state index contributed by atoms with van der Waals surface area (Å²) in [6.45, 7) is 7.48. The lowest BCUT2D eigenvalue weighted by molar-refractivity contribution is -0.193. The Morgan fingerprint density at radius 2 is 1.41 bits per heavy atom. The van der Waals surface area contributed by atoms with Crippen molar-refractivity contribution in [3.8, 4) is 11.5 Å². The Kier molecular flexibility index (Phi) is 17.0. The van der Waals surface area contributed by atoms with E-state index in [2.05, 4.69) is 40.7 Å². The van der Waals surface area contributed by atoms with Gasteiger partial charge in [0, 0.05) is 35.9 Å². The monoisotopic (exact) mass is 770 g/mol. The Hall–Kier alpha value is -5.62. The molecule has 1 aromatic heterocycles. The molecule has 1 heterocycles.